The van der Waals surface area contributed by atoms with Gasteiger partial charge in [0.25, 0.3) is 0 Å². The van der Waals surface area contributed by atoms with Gasteiger partial charge in [0, 0.05) is 32.0 Å². The van der Waals surface area contributed by atoms with E-state index < -0.39 is 10.0 Å². The van der Waals surface area contributed by atoms with Gasteiger partial charge in [-0.15, -0.1) is 0 Å². The first kappa shape index (κ1) is 23.6. The minimum atomic E-state index is -3.79. The van der Waals surface area contributed by atoms with Crippen molar-refractivity contribution < 1.29 is 18.0 Å². The van der Waals surface area contributed by atoms with Gasteiger partial charge in [-0.25, -0.2) is 13.1 Å². The van der Waals surface area contributed by atoms with Crippen LogP contribution in [0.1, 0.15) is 68.6 Å². The zero-order valence-electron chi connectivity index (χ0n) is 16.0. The number of sulfonamides is 1. The minimum absolute atomic E-state index is 0.00593. The normalized spacial score (nSPS) is 11.4. The van der Waals surface area contributed by atoms with Gasteiger partial charge in [0.15, 0.2) is 5.78 Å². The number of amides is 1. The van der Waals surface area contributed by atoms with E-state index in [0.717, 1.165) is 25.7 Å². The number of benzene rings is 1. The Hall–Kier alpha value is -1.44. The first-order valence-corrected chi connectivity index (χ1v) is 11.2. The lowest BCUT2D eigenvalue weighted by molar-refractivity contribution is -0.120. The summed E-state index contributed by atoms with van der Waals surface area (Å²) >= 11 is 6.04. The van der Waals surface area contributed by atoms with Crippen LogP contribution in [0.25, 0.3) is 0 Å². The van der Waals surface area contributed by atoms with Gasteiger partial charge < -0.3 is 5.32 Å². The molecule has 0 fully saturated rings. The molecule has 0 aliphatic heterocycles. The molecule has 0 radical (unpaired) electrons. The lowest BCUT2D eigenvalue weighted by Gasteiger charge is -2.10. The predicted octanol–water partition coefficient (Wildman–Crippen LogP) is 3.69. The summed E-state index contributed by atoms with van der Waals surface area (Å²) in [6.45, 7) is 2.48. The standard InChI is InChI=1S/C19H29ClN2O4S/c1-3-4-5-6-7-8-13-22-27(25,26)18-14-15(9-10-16(18)20)17(23)11-12-19(24)21-2/h9-10,14,22H,3-8,11-13H2,1-2H3,(H,21,24). The molecular formula is C19H29ClN2O4S. The van der Waals surface area contributed by atoms with Crippen molar-refractivity contribution in [2.45, 2.75) is 63.2 Å². The quantitative estimate of drug-likeness (QED) is 0.379. The maximum Gasteiger partial charge on any atom is 0.242 e. The van der Waals surface area contributed by atoms with Gasteiger partial charge in [0.2, 0.25) is 15.9 Å². The van der Waals surface area contributed by atoms with Gasteiger partial charge in [-0.3, -0.25) is 9.59 Å². The molecule has 0 saturated heterocycles. The molecule has 1 aromatic carbocycles. The fourth-order valence-electron chi connectivity index (χ4n) is 2.57. The Bertz CT molecular complexity index is 735. The number of hydrogen-bond acceptors (Lipinski definition) is 4. The monoisotopic (exact) mass is 416 g/mol. The molecule has 0 heterocycles. The summed E-state index contributed by atoms with van der Waals surface area (Å²) in [5, 5.41) is 2.51. The summed E-state index contributed by atoms with van der Waals surface area (Å²) in [5.41, 5.74) is 0.225. The third-order valence-electron chi connectivity index (χ3n) is 4.22. The Kier molecular flexibility index (Phi) is 10.6. The summed E-state index contributed by atoms with van der Waals surface area (Å²) in [4.78, 5) is 23.4. The molecule has 0 bridgehead atoms. The Balaban J connectivity index is 2.68. The molecule has 0 spiro atoms. The van der Waals surface area contributed by atoms with Crippen molar-refractivity contribution in [3.05, 3.63) is 28.8 Å². The molecule has 2 N–H and O–H groups in total. The number of Topliss-reactive ketones (excluding diaryl/α,β-unsaturated/α-hetero) is 1. The van der Waals surface area contributed by atoms with Crippen LogP contribution in [0.15, 0.2) is 23.1 Å². The minimum Gasteiger partial charge on any atom is -0.359 e. The highest BCUT2D eigenvalue weighted by atomic mass is 35.5. The molecule has 0 aliphatic rings. The number of ketones is 1. The van der Waals surface area contributed by atoms with Crippen LogP contribution in [-0.2, 0) is 14.8 Å². The van der Waals surface area contributed by atoms with Crippen LogP contribution in [0.5, 0.6) is 0 Å². The van der Waals surface area contributed by atoms with Crippen molar-refractivity contribution in [2.75, 3.05) is 13.6 Å². The highest BCUT2D eigenvalue weighted by Gasteiger charge is 2.20. The molecule has 1 rings (SSSR count). The van der Waals surface area contributed by atoms with E-state index in [1.165, 1.54) is 38.1 Å². The molecule has 1 amide bonds. The number of rotatable bonds is 13. The van der Waals surface area contributed by atoms with E-state index in [1.807, 2.05) is 0 Å². The van der Waals surface area contributed by atoms with Crippen molar-refractivity contribution >= 4 is 33.3 Å². The van der Waals surface area contributed by atoms with E-state index in [2.05, 4.69) is 17.0 Å². The van der Waals surface area contributed by atoms with E-state index in [4.69, 9.17) is 11.6 Å². The topological polar surface area (TPSA) is 92.3 Å². The fraction of sp³-hybridized carbons (Fsp3) is 0.579. The lowest BCUT2D eigenvalue weighted by Crippen LogP contribution is -2.25. The van der Waals surface area contributed by atoms with Crippen LogP contribution in [0.3, 0.4) is 0 Å². The largest absolute Gasteiger partial charge is 0.359 e. The van der Waals surface area contributed by atoms with Crippen LogP contribution in [0.2, 0.25) is 5.02 Å². The molecule has 6 nitrogen and oxygen atoms in total. The van der Waals surface area contributed by atoms with Gasteiger partial charge in [-0.05, 0) is 24.6 Å². The van der Waals surface area contributed by atoms with E-state index in [1.54, 1.807) is 0 Å². The van der Waals surface area contributed by atoms with E-state index in [9.17, 15) is 18.0 Å². The summed E-state index contributed by atoms with van der Waals surface area (Å²) in [6, 6.07) is 4.15. The Labute approximate surface area is 167 Å². The number of hydrogen-bond donors (Lipinski definition) is 2. The Morgan fingerprint density at radius 3 is 2.37 bits per heavy atom. The van der Waals surface area contributed by atoms with Crippen LogP contribution >= 0.6 is 11.6 Å². The molecule has 0 saturated carbocycles. The summed E-state index contributed by atoms with van der Waals surface area (Å²) in [6.07, 6.45) is 6.40. The Morgan fingerprint density at radius 1 is 1.04 bits per heavy atom. The molecular weight excluding hydrogens is 388 g/mol. The van der Waals surface area contributed by atoms with Gasteiger partial charge >= 0.3 is 0 Å². The van der Waals surface area contributed by atoms with Gasteiger partial charge in [-0.1, -0.05) is 50.6 Å². The number of halogens is 1. The molecule has 0 aliphatic carbocycles. The smallest absolute Gasteiger partial charge is 0.242 e. The Morgan fingerprint density at radius 2 is 1.70 bits per heavy atom. The van der Waals surface area contributed by atoms with Crippen LogP contribution in [-0.4, -0.2) is 33.7 Å². The van der Waals surface area contributed by atoms with Gasteiger partial charge in [0.1, 0.15) is 4.90 Å². The van der Waals surface area contributed by atoms with E-state index in [-0.39, 0.29) is 40.0 Å². The maximum atomic E-state index is 12.5. The van der Waals surface area contributed by atoms with Crippen molar-refractivity contribution in [3.63, 3.8) is 0 Å². The lowest BCUT2D eigenvalue weighted by atomic mass is 10.1. The first-order chi connectivity index (χ1) is 12.8. The molecule has 0 aromatic heterocycles. The second-order valence-corrected chi connectivity index (χ2v) is 8.55. The zero-order chi connectivity index (χ0) is 20.3. The van der Waals surface area contributed by atoms with E-state index >= 15 is 0 Å². The van der Waals surface area contributed by atoms with Crippen molar-refractivity contribution in [2.24, 2.45) is 0 Å². The van der Waals surface area contributed by atoms with Gasteiger partial charge in [0.05, 0.1) is 5.02 Å². The number of carbonyl (C=O) groups excluding carboxylic acids is 2. The fourth-order valence-corrected chi connectivity index (χ4v) is 4.17. The van der Waals surface area contributed by atoms with E-state index in [0.29, 0.717) is 6.54 Å². The van der Waals surface area contributed by atoms with Crippen LogP contribution in [0, 0.1) is 0 Å². The number of carbonyl (C=O) groups is 2. The van der Waals surface area contributed by atoms with Crippen LogP contribution in [0.4, 0.5) is 0 Å². The number of nitrogens with one attached hydrogen (secondary N) is 2. The summed E-state index contributed by atoms with van der Waals surface area (Å²) in [7, 11) is -2.30. The van der Waals surface area contributed by atoms with Crippen LogP contribution < -0.4 is 10.0 Å². The second kappa shape index (κ2) is 12.1. The van der Waals surface area contributed by atoms with Gasteiger partial charge in [-0.2, -0.15) is 0 Å². The van der Waals surface area contributed by atoms with Crippen molar-refractivity contribution in [1.29, 1.82) is 0 Å². The molecule has 1 aromatic rings. The van der Waals surface area contributed by atoms with Crippen molar-refractivity contribution in [3.8, 4) is 0 Å². The summed E-state index contributed by atoms with van der Waals surface area (Å²) < 4.78 is 27.6. The number of unbranched alkanes of at least 4 members (excludes halogenated alkanes) is 5. The van der Waals surface area contributed by atoms with Crippen molar-refractivity contribution in [1.82, 2.24) is 10.0 Å². The summed E-state index contributed by atoms with van der Waals surface area (Å²) in [5.74, 6) is -0.548. The third-order valence-corrected chi connectivity index (χ3v) is 6.17. The highest BCUT2D eigenvalue weighted by molar-refractivity contribution is 7.89. The highest BCUT2D eigenvalue weighted by Crippen LogP contribution is 2.23. The predicted molar refractivity (Wildman–Crippen MR) is 108 cm³/mol. The molecule has 152 valence electrons. The molecule has 27 heavy (non-hydrogen) atoms. The molecule has 8 heteroatoms. The molecule has 0 unspecified atom stereocenters. The SMILES string of the molecule is CCCCCCCCNS(=O)(=O)c1cc(C(=O)CCC(=O)NC)ccc1Cl. The second-order valence-electron chi connectivity index (χ2n) is 6.41. The average molecular weight is 417 g/mol. The average Bonchev–Trinajstić information content (AvgIpc) is 2.65. The third kappa shape index (κ3) is 8.41. The molecule has 0 atom stereocenters. The maximum absolute atomic E-state index is 12.5. The zero-order valence-corrected chi connectivity index (χ0v) is 17.6. The first-order valence-electron chi connectivity index (χ1n) is 9.34.